The normalized spacial score (nSPS) is 14.6. The molecule has 0 unspecified atom stereocenters. The second-order valence-corrected chi connectivity index (χ2v) is 6.68. The fourth-order valence-electron chi connectivity index (χ4n) is 2.88. The Morgan fingerprint density at radius 3 is 2.59 bits per heavy atom. The Labute approximate surface area is 162 Å². The highest BCUT2D eigenvalue weighted by molar-refractivity contribution is 6.30. The van der Waals surface area contributed by atoms with E-state index in [-0.39, 0.29) is 18.0 Å². The molecule has 0 bridgehead atoms. The smallest absolute Gasteiger partial charge is 0.315 e. The Morgan fingerprint density at radius 1 is 1.19 bits per heavy atom. The number of likely N-dealkylation sites (tertiary alicyclic amines) is 1. The lowest BCUT2D eigenvalue weighted by Crippen LogP contribution is -2.49. The van der Waals surface area contributed by atoms with Crippen LogP contribution in [0.5, 0.6) is 5.75 Å². The topological polar surface area (TPSA) is 83.8 Å². The molecule has 0 saturated carbocycles. The van der Waals surface area contributed by atoms with Crippen LogP contribution < -0.4 is 15.4 Å². The van der Waals surface area contributed by atoms with Gasteiger partial charge in [0.25, 0.3) is 5.91 Å². The molecule has 1 aliphatic rings. The van der Waals surface area contributed by atoms with Crippen molar-refractivity contribution in [3.63, 3.8) is 0 Å². The molecule has 0 spiro atoms. The number of nitrogens with zero attached hydrogens (tertiary/aromatic N) is 1. The maximum absolute atomic E-state index is 12.2. The monoisotopic (exact) mass is 391 g/mol. The quantitative estimate of drug-likeness (QED) is 0.741. The Hall–Kier alpha value is -2.67. The summed E-state index contributed by atoms with van der Waals surface area (Å²) in [4.78, 5) is 25.9. The summed E-state index contributed by atoms with van der Waals surface area (Å²) in [6.45, 7) is 1.93. The van der Waals surface area contributed by atoms with Crippen LogP contribution in [0.1, 0.15) is 23.4 Å². The third-order valence-electron chi connectivity index (χ3n) is 4.32. The molecule has 0 aliphatic carbocycles. The second-order valence-electron chi connectivity index (χ2n) is 6.25. The third-order valence-corrected chi connectivity index (χ3v) is 4.57. The van der Waals surface area contributed by atoms with Gasteiger partial charge >= 0.3 is 6.03 Å². The van der Waals surface area contributed by atoms with Crippen LogP contribution >= 0.6 is 11.6 Å². The fraction of sp³-hybridized carbons (Fsp3) is 0.368. The number of halogens is 1. The summed E-state index contributed by atoms with van der Waals surface area (Å²) in [5, 5.41) is 6.36. The summed E-state index contributed by atoms with van der Waals surface area (Å²) < 4.78 is 10.7. The van der Waals surface area contributed by atoms with E-state index in [1.165, 1.54) is 6.26 Å². The Morgan fingerprint density at radius 2 is 1.93 bits per heavy atom. The molecule has 1 aliphatic heterocycles. The molecule has 8 heteroatoms. The van der Waals surface area contributed by atoms with E-state index >= 15 is 0 Å². The molecule has 1 saturated heterocycles. The van der Waals surface area contributed by atoms with Crippen molar-refractivity contribution in [2.24, 2.45) is 0 Å². The Balaban J connectivity index is 1.31. The number of amides is 3. The zero-order valence-electron chi connectivity index (χ0n) is 14.8. The number of rotatable bonds is 6. The lowest BCUT2D eigenvalue weighted by Gasteiger charge is -2.31. The first kappa shape index (κ1) is 19.1. The lowest BCUT2D eigenvalue weighted by atomic mass is 10.1. The van der Waals surface area contributed by atoms with E-state index in [1.54, 1.807) is 41.3 Å². The maximum atomic E-state index is 12.2. The van der Waals surface area contributed by atoms with Crippen molar-refractivity contribution in [2.45, 2.75) is 18.9 Å². The van der Waals surface area contributed by atoms with Crippen LogP contribution in [0.4, 0.5) is 4.79 Å². The molecule has 7 nitrogen and oxygen atoms in total. The van der Waals surface area contributed by atoms with Gasteiger partial charge < -0.3 is 24.7 Å². The third kappa shape index (κ3) is 5.65. The zero-order valence-corrected chi connectivity index (χ0v) is 15.6. The number of nitrogens with one attached hydrogen (secondary N) is 2. The maximum Gasteiger partial charge on any atom is 0.315 e. The molecule has 2 aromatic rings. The van der Waals surface area contributed by atoms with E-state index < -0.39 is 0 Å². The molecule has 0 atom stereocenters. The molecule has 27 heavy (non-hydrogen) atoms. The van der Waals surface area contributed by atoms with Gasteiger partial charge in [0.2, 0.25) is 0 Å². The minimum absolute atomic E-state index is 0.0443. The molecule has 144 valence electrons. The van der Waals surface area contributed by atoms with Crippen LogP contribution in [0.15, 0.2) is 47.1 Å². The van der Waals surface area contributed by atoms with Gasteiger partial charge in [-0.25, -0.2) is 4.79 Å². The summed E-state index contributed by atoms with van der Waals surface area (Å²) in [7, 11) is 0. The van der Waals surface area contributed by atoms with Crippen LogP contribution in [0.25, 0.3) is 0 Å². The molecular formula is C19H22ClN3O4. The first-order valence-electron chi connectivity index (χ1n) is 8.87. The van der Waals surface area contributed by atoms with E-state index in [1.807, 2.05) is 0 Å². The summed E-state index contributed by atoms with van der Waals surface area (Å²) in [6, 6.07) is 10.2. The van der Waals surface area contributed by atoms with Crippen LogP contribution in [-0.2, 0) is 0 Å². The predicted molar refractivity (Wildman–Crippen MR) is 101 cm³/mol. The van der Waals surface area contributed by atoms with Gasteiger partial charge in [-0.1, -0.05) is 11.6 Å². The van der Waals surface area contributed by atoms with Crippen molar-refractivity contribution in [1.82, 2.24) is 15.5 Å². The SMILES string of the molecule is O=C(NCCOc1ccc(Cl)cc1)NC1CCN(C(=O)c2ccco2)CC1. The average Bonchev–Trinajstić information content (AvgIpc) is 3.21. The van der Waals surface area contributed by atoms with Gasteiger partial charge in [-0.05, 0) is 49.2 Å². The summed E-state index contributed by atoms with van der Waals surface area (Å²) in [6.07, 6.45) is 2.91. The number of hydrogen-bond acceptors (Lipinski definition) is 4. The number of carbonyl (C=O) groups excluding carboxylic acids is 2. The van der Waals surface area contributed by atoms with Gasteiger partial charge in [0.15, 0.2) is 5.76 Å². The highest BCUT2D eigenvalue weighted by Gasteiger charge is 2.25. The number of urea groups is 1. The van der Waals surface area contributed by atoms with Gasteiger partial charge in [0.1, 0.15) is 12.4 Å². The minimum atomic E-state index is -0.231. The summed E-state index contributed by atoms with van der Waals surface area (Å²) >= 11 is 5.81. The number of benzene rings is 1. The van der Waals surface area contributed by atoms with Gasteiger partial charge in [0, 0.05) is 24.2 Å². The van der Waals surface area contributed by atoms with E-state index in [0.717, 1.165) is 0 Å². The Bertz CT molecular complexity index is 741. The minimum Gasteiger partial charge on any atom is -0.492 e. The van der Waals surface area contributed by atoms with Crippen LogP contribution in [0.2, 0.25) is 5.02 Å². The first-order valence-corrected chi connectivity index (χ1v) is 9.25. The van der Waals surface area contributed by atoms with Crippen molar-refractivity contribution in [3.05, 3.63) is 53.4 Å². The van der Waals surface area contributed by atoms with E-state index in [2.05, 4.69) is 10.6 Å². The van der Waals surface area contributed by atoms with Gasteiger partial charge in [-0.3, -0.25) is 4.79 Å². The number of hydrogen-bond donors (Lipinski definition) is 2. The highest BCUT2D eigenvalue weighted by atomic mass is 35.5. The first-order chi connectivity index (χ1) is 13.1. The fourth-order valence-corrected chi connectivity index (χ4v) is 3.01. The van der Waals surface area contributed by atoms with Crippen molar-refractivity contribution in [1.29, 1.82) is 0 Å². The van der Waals surface area contributed by atoms with Gasteiger partial charge in [-0.15, -0.1) is 0 Å². The standard InChI is InChI=1S/C19H22ClN3O4/c20-14-3-5-16(6-4-14)26-13-9-21-19(25)22-15-7-10-23(11-8-15)18(24)17-2-1-12-27-17/h1-6,12,15H,7-11,13H2,(H2,21,22,25). The van der Waals surface area contributed by atoms with Crippen LogP contribution in [-0.4, -0.2) is 49.1 Å². The van der Waals surface area contributed by atoms with Crippen LogP contribution in [0.3, 0.4) is 0 Å². The number of carbonyl (C=O) groups is 2. The van der Waals surface area contributed by atoms with Crippen molar-refractivity contribution >= 4 is 23.5 Å². The molecule has 3 amide bonds. The molecular weight excluding hydrogens is 370 g/mol. The van der Waals surface area contributed by atoms with Crippen molar-refractivity contribution in [3.8, 4) is 5.75 Å². The van der Waals surface area contributed by atoms with Crippen LogP contribution in [0, 0.1) is 0 Å². The lowest BCUT2D eigenvalue weighted by molar-refractivity contribution is 0.0676. The van der Waals surface area contributed by atoms with Crippen molar-refractivity contribution in [2.75, 3.05) is 26.2 Å². The summed E-state index contributed by atoms with van der Waals surface area (Å²) in [5.41, 5.74) is 0. The predicted octanol–water partition coefficient (Wildman–Crippen LogP) is 2.92. The van der Waals surface area contributed by atoms with E-state index in [9.17, 15) is 9.59 Å². The van der Waals surface area contributed by atoms with Gasteiger partial charge in [0.05, 0.1) is 12.8 Å². The molecule has 3 rings (SSSR count). The molecule has 2 N–H and O–H groups in total. The van der Waals surface area contributed by atoms with Gasteiger partial charge in [-0.2, -0.15) is 0 Å². The molecule has 1 aromatic heterocycles. The molecule has 1 fully saturated rings. The zero-order chi connectivity index (χ0) is 19.1. The Kier molecular flexibility index (Phi) is 6.59. The molecule has 1 aromatic carbocycles. The highest BCUT2D eigenvalue weighted by Crippen LogP contribution is 2.15. The number of furan rings is 1. The van der Waals surface area contributed by atoms with E-state index in [4.69, 9.17) is 20.8 Å². The second kappa shape index (κ2) is 9.32. The van der Waals surface area contributed by atoms with E-state index in [0.29, 0.717) is 55.6 Å². The number of ether oxygens (including phenoxy) is 1. The largest absolute Gasteiger partial charge is 0.492 e. The molecule has 2 heterocycles. The molecule has 0 radical (unpaired) electrons. The number of piperidine rings is 1. The summed E-state index contributed by atoms with van der Waals surface area (Å²) in [5.74, 6) is 0.942. The average molecular weight is 392 g/mol. The van der Waals surface area contributed by atoms with Crippen molar-refractivity contribution < 1.29 is 18.7 Å².